The van der Waals surface area contributed by atoms with Crippen molar-refractivity contribution in [3.8, 4) is 0 Å². The van der Waals surface area contributed by atoms with E-state index in [0.717, 1.165) is 0 Å². The molecule has 0 bridgehead atoms. The Morgan fingerprint density at radius 3 is 1.00 bits per heavy atom. The standard InChI is InChI=1S/C3H8O.3H2O.Zr/c1-3(2)4;;;;/h3-4H,1-2H3;3*1H2;. The minimum absolute atomic E-state index is 0. The van der Waals surface area contributed by atoms with E-state index in [2.05, 4.69) is 0 Å². The van der Waals surface area contributed by atoms with E-state index in [1.165, 1.54) is 0 Å². The fourth-order valence-electron chi connectivity index (χ4n) is 0. The average Bonchev–Trinajstić information content (AvgIpc) is 0.811. The SMILES string of the molecule is CC(C)O.O.O.O.[Zr]. The van der Waals surface area contributed by atoms with Crippen molar-refractivity contribution in [3.05, 3.63) is 0 Å². The van der Waals surface area contributed by atoms with Gasteiger partial charge in [0.15, 0.2) is 0 Å². The maximum absolute atomic E-state index is 8.06. The molecule has 0 spiro atoms. The average molecular weight is 205 g/mol. The monoisotopic (exact) mass is 204 g/mol. The molecule has 0 radical (unpaired) electrons. The van der Waals surface area contributed by atoms with Gasteiger partial charge in [0.1, 0.15) is 0 Å². The largest absolute Gasteiger partial charge is 0.412 e. The summed E-state index contributed by atoms with van der Waals surface area (Å²) in [5, 5.41) is 8.06. The maximum atomic E-state index is 8.06. The molecule has 0 unspecified atom stereocenters. The van der Waals surface area contributed by atoms with Gasteiger partial charge in [-0.1, -0.05) is 0 Å². The quantitative estimate of drug-likeness (QED) is 0.480. The van der Waals surface area contributed by atoms with Crippen LogP contribution in [-0.4, -0.2) is 27.6 Å². The van der Waals surface area contributed by atoms with Crippen molar-refractivity contribution in [2.24, 2.45) is 0 Å². The molecular formula is C3H14O4Zr. The third kappa shape index (κ3) is 421. The molecule has 4 nitrogen and oxygen atoms in total. The molecule has 0 aliphatic rings. The second kappa shape index (κ2) is 25.2. The van der Waals surface area contributed by atoms with Crippen molar-refractivity contribution in [1.29, 1.82) is 0 Å². The zero-order chi connectivity index (χ0) is 3.58. The first kappa shape index (κ1) is 37.5. The topological polar surface area (TPSA) is 115 Å². The van der Waals surface area contributed by atoms with E-state index in [-0.39, 0.29) is 48.7 Å². The van der Waals surface area contributed by atoms with Gasteiger partial charge in [0.25, 0.3) is 0 Å². The van der Waals surface area contributed by atoms with Crippen LogP contribution in [0.25, 0.3) is 0 Å². The summed E-state index contributed by atoms with van der Waals surface area (Å²) in [6.45, 7) is 3.44. The Labute approximate surface area is 68.0 Å². The molecule has 5 heteroatoms. The van der Waals surface area contributed by atoms with Crippen molar-refractivity contribution in [2.75, 3.05) is 0 Å². The van der Waals surface area contributed by atoms with Crippen LogP contribution in [0.5, 0.6) is 0 Å². The maximum Gasteiger partial charge on any atom is 0.0483 e. The molecule has 0 aromatic rings. The zero-order valence-electron chi connectivity index (χ0n) is 5.02. The van der Waals surface area contributed by atoms with Crippen molar-refractivity contribution in [2.45, 2.75) is 20.0 Å². The Morgan fingerprint density at radius 1 is 1.00 bits per heavy atom. The van der Waals surface area contributed by atoms with Gasteiger partial charge in [0.2, 0.25) is 0 Å². The Kier molecular flexibility index (Phi) is 118. The van der Waals surface area contributed by atoms with Gasteiger partial charge in [-0.25, -0.2) is 0 Å². The minimum atomic E-state index is -0.167. The summed E-state index contributed by atoms with van der Waals surface area (Å²) < 4.78 is 0. The number of hydrogen-bond acceptors (Lipinski definition) is 1. The third-order valence-corrected chi connectivity index (χ3v) is 0. The number of aliphatic hydroxyl groups is 1. The molecule has 0 aliphatic carbocycles. The molecule has 0 amide bonds. The van der Waals surface area contributed by atoms with Gasteiger partial charge in [-0.2, -0.15) is 0 Å². The number of hydrogen-bond donors (Lipinski definition) is 1. The van der Waals surface area contributed by atoms with Gasteiger partial charge < -0.3 is 21.5 Å². The van der Waals surface area contributed by atoms with Gasteiger partial charge in [-0.05, 0) is 13.8 Å². The van der Waals surface area contributed by atoms with Crippen LogP contribution in [0.2, 0.25) is 0 Å². The van der Waals surface area contributed by atoms with E-state index >= 15 is 0 Å². The predicted octanol–water partition coefficient (Wildman–Crippen LogP) is -2.09. The third-order valence-electron chi connectivity index (χ3n) is 0. The Balaban J connectivity index is -0.00000000750. The first-order chi connectivity index (χ1) is 1.73. The van der Waals surface area contributed by atoms with E-state index in [4.69, 9.17) is 5.11 Å². The van der Waals surface area contributed by atoms with Crippen molar-refractivity contribution >= 4 is 0 Å². The summed E-state index contributed by atoms with van der Waals surface area (Å²) >= 11 is 0. The molecule has 0 saturated heterocycles. The summed E-state index contributed by atoms with van der Waals surface area (Å²) in [6.07, 6.45) is -0.167. The van der Waals surface area contributed by atoms with E-state index in [0.29, 0.717) is 0 Å². The summed E-state index contributed by atoms with van der Waals surface area (Å²) in [5.41, 5.74) is 0. The van der Waals surface area contributed by atoms with Crippen LogP contribution in [0.1, 0.15) is 13.8 Å². The predicted molar refractivity (Wildman–Crippen MR) is 28.2 cm³/mol. The van der Waals surface area contributed by atoms with E-state index in [1.54, 1.807) is 13.8 Å². The molecule has 0 aromatic heterocycles. The van der Waals surface area contributed by atoms with E-state index < -0.39 is 0 Å². The smallest absolute Gasteiger partial charge is 0.0483 e. The molecule has 0 heterocycles. The molecular weight excluding hydrogens is 191 g/mol. The summed E-state index contributed by atoms with van der Waals surface area (Å²) in [4.78, 5) is 0. The summed E-state index contributed by atoms with van der Waals surface area (Å²) in [7, 11) is 0. The molecule has 0 rings (SSSR count). The fraction of sp³-hybridized carbons (Fsp3) is 1.00. The zero-order valence-corrected chi connectivity index (χ0v) is 7.48. The minimum Gasteiger partial charge on any atom is -0.412 e. The second-order valence-corrected chi connectivity index (χ2v) is 1.09. The van der Waals surface area contributed by atoms with Gasteiger partial charge in [0, 0.05) is 32.3 Å². The summed E-state index contributed by atoms with van der Waals surface area (Å²) in [6, 6.07) is 0. The van der Waals surface area contributed by atoms with Gasteiger partial charge in [-0.3, -0.25) is 0 Å². The Bertz CT molecular complexity index is 16.0. The van der Waals surface area contributed by atoms with Crippen LogP contribution in [0, 0.1) is 0 Å². The van der Waals surface area contributed by atoms with Crippen LogP contribution in [0.15, 0.2) is 0 Å². The molecule has 0 saturated carbocycles. The first-order valence-electron chi connectivity index (χ1n) is 1.41. The first-order valence-corrected chi connectivity index (χ1v) is 1.41. The van der Waals surface area contributed by atoms with Crippen LogP contribution in [0.3, 0.4) is 0 Å². The molecule has 0 aromatic carbocycles. The molecule has 54 valence electrons. The van der Waals surface area contributed by atoms with Crippen LogP contribution < -0.4 is 0 Å². The van der Waals surface area contributed by atoms with Crippen molar-refractivity contribution in [1.82, 2.24) is 0 Å². The van der Waals surface area contributed by atoms with Crippen LogP contribution >= 0.6 is 0 Å². The van der Waals surface area contributed by atoms with E-state index in [9.17, 15) is 0 Å². The Morgan fingerprint density at radius 2 is 1.00 bits per heavy atom. The number of aliphatic hydroxyl groups excluding tert-OH is 1. The van der Waals surface area contributed by atoms with E-state index in [1.807, 2.05) is 0 Å². The molecule has 0 aliphatic heterocycles. The molecule has 0 atom stereocenters. The molecule has 8 heavy (non-hydrogen) atoms. The van der Waals surface area contributed by atoms with Gasteiger partial charge in [0.05, 0.1) is 0 Å². The van der Waals surface area contributed by atoms with Crippen LogP contribution in [0.4, 0.5) is 0 Å². The number of rotatable bonds is 0. The second-order valence-electron chi connectivity index (χ2n) is 1.09. The summed E-state index contributed by atoms with van der Waals surface area (Å²) in [5.74, 6) is 0. The Hall–Kier alpha value is 0.723. The van der Waals surface area contributed by atoms with Gasteiger partial charge in [-0.15, -0.1) is 0 Å². The van der Waals surface area contributed by atoms with Gasteiger partial charge >= 0.3 is 0 Å². The van der Waals surface area contributed by atoms with Crippen molar-refractivity contribution < 1.29 is 47.7 Å². The normalized spacial score (nSPS) is 4.50. The van der Waals surface area contributed by atoms with Crippen LogP contribution in [-0.2, 0) is 26.2 Å². The van der Waals surface area contributed by atoms with Crippen molar-refractivity contribution in [3.63, 3.8) is 0 Å². The molecule has 7 N–H and O–H groups in total. The molecule has 0 fully saturated rings. The fourth-order valence-corrected chi connectivity index (χ4v) is 0.